The van der Waals surface area contributed by atoms with Crippen LogP contribution in [0.25, 0.3) is 98.0 Å². The van der Waals surface area contributed by atoms with E-state index in [1.54, 1.807) is 33.4 Å². The first kappa shape index (κ1) is 64.3. The van der Waals surface area contributed by atoms with Gasteiger partial charge in [-0.15, -0.1) is 0 Å². The van der Waals surface area contributed by atoms with E-state index in [0.717, 1.165) is 24.3 Å². The molecule has 0 bridgehead atoms. The Labute approximate surface area is 594 Å². The van der Waals surface area contributed by atoms with Crippen LogP contribution in [0.2, 0.25) is 0 Å². The minimum Gasteiger partial charge on any atom is -0.399 e. The van der Waals surface area contributed by atoms with Crippen molar-refractivity contribution in [1.82, 2.24) is 0 Å². The Hall–Kier alpha value is -6.68. The SMILES string of the molecule is Brc1ccc2c(Br)c3ccccc3c(Br)c2c1.Brc1ccc2cc3ccccc3cc2c1.CC1(C)OB(c2cccc3c2CCCC3)OC1(C)C.c1cc2c(c(-c3ccc4c(-c5cccc6c5CCCC6)c5ccccc5c(-c5cccc6c5CCCC6)c4c3)c1)CCCC2. The van der Waals surface area contributed by atoms with Crippen molar-refractivity contribution in [1.29, 1.82) is 0 Å². The van der Waals surface area contributed by atoms with Gasteiger partial charge in [0.2, 0.25) is 0 Å². The van der Waals surface area contributed by atoms with E-state index in [9.17, 15) is 0 Å². The zero-order valence-corrected chi connectivity index (χ0v) is 61.3. The van der Waals surface area contributed by atoms with E-state index in [1.165, 1.54) is 211 Å². The Bertz CT molecular complexity index is 5110. The van der Waals surface area contributed by atoms with Gasteiger partial charge < -0.3 is 9.31 Å². The summed E-state index contributed by atoms with van der Waals surface area (Å²) in [4.78, 5) is 0. The molecule has 1 saturated heterocycles. The molecule has 0 spiro atoms. The molecule has 0 atom stereocenters. The standard InChI is InChI=1S/C44H40.C16H23BO2.C14H7Br3.C14H9Br/c1-4-18-33-29(12-1)15-9-23-36(33)32-26-27-41-42(28-32)44(38-25-11-17-31-14-3-6-20-35(31)38)40-22-8-7-21-39(40)43(41)37-24-10-16-30-13-2-5-19-34(30)37;1-15(2)16(3,4)19-17(18-15)14-11-7-9-12-8-5-6-10-13(12)14;15-8-5-6-11-12(7-8)14(17)10-4-2-1-3-9(10)13(11)16;15-14-6-5-12-7-10-3-1-2-4-11(10)8-13(12)9-14/h7-11,15-17,21-28H,1-6,12-14,18-20H2;7,9,11H,5-6,8,10H2,1-4H3;1-7H;1-9H. The lowest BCUT2D eigenvalue weighted by molar-refractivity contribution is 0.00578. The van der Waals surface area contributed by atoms with Crippen LogP contribution in [-0.4, -0.2) is 18.3 Å². The number of fused-ring (bicyclic) bond motifs is 10. The Morgan fingerprint density at radius 1 is 0.295 bits per heavy atom. The molecule has 0 unspecified atom stereocenters. The fourth-order valence-corrected chi connectivity index (χ4v) is 18.1. The third-order valence-electron chi connectivity index (χ3n) is 21.5. The average Bonchev–Trinajstić information content (AvgIpc) is 1.39. The lowest BCUT2D eigenvalue weighted by atomic mass is 9.72. The van der Waals surface area contributed by atoms with Crippen molar-refractivity contribution in [2.24, 2.45) is 0 Å². The summed E-state index contributed by atoms with van der Waals surface area (Å²) in [5.74, 6) is 0. The number of aryl methyl sites for hydroxylation is 4. The van der Waals surface area contributed by atoms with Crippen molar-refractivity contribution in [3.63, 3.8) is 0 Å². The lowest BCUT2D eigenvalue weighted by Crippen LogP contribution is -2.41. The van der Waals surface area contributed by atoms with Gasteiger partial charge in [0.1, 0.15) is 0 Å². The van der Waals surface area contributed by atoms with Gasteiger partial charge in [-0.2, -0.15) is 0 Å². The highest BCUT2D eigenvalue weighted by Gasteiger charge is 2.52. The first-order valence-corrected chi connectivity index (χ1v) is 37.8. The van der Waals surface area contributed by atoms with Gasteiger partial charge in [-0.25, -0.2) is 0 Å². The highest BCUT2D eigenvalue weighted by Crippen LogP contribution is 2.49. The van der Waals surface area contributed by atoms with Crippen LogP contribution >= 0.6 is 63.7 Å². The number of benzene rings is 13. The lowest BCUT2D eigenvalue weighted by Gasteiger charge is -2.32. The second kappa shape index (κ2) is 27.3. The average molecular weight is 1500 g/mol. The maximum atomic E-state index is 6.19. The Morgan fingerprint density at radius 3 is 1.25 bits per heavy atom. The topological polar surface area (TPSA) is 18.5 Å². The van der Waals surface area contributed by atoms with Gasteiger partial charge in [-0.1, -0.05) is 202 Å². The molecule has 4 aliphatic carbocycles. The molecule has 5 aliphatic rings. The molecular formula is C88H79BBr4O2. The highest BCUT2D eigenvalue weighted by atomic mass is 79.9. The first-order chi connectivity index (χ1) is 46.3. The normalized spacial score (nSPS) is 16.0. The van der Waals surface area contributed by atoms with Crippen molar-refractivity contribution >= 4 is 141 Å². The molecule has 13 aromatic carbocycles. The van der Waals surface area contributed by atoms with Crippen molar-refractivity contribution in [2.75, 3.05) is 0 Å². The van der Waals surface area contributed by atoms with Gasteiger partial charge in [0.05, 0.1) is 11.2 Å². The van der Waals surface area contributed by atoms with E-state index in [0.29, 0.717) is 0 Å². The summed E-state index contributed by atoms with van der Waals surface area (Å²) in [5.41, 5.74) is 21.7. The number of hydrogen-bond acceptors (Lipinski definition) is 2. The smallest absolute Gasteiger partial charge is 0.399 e. The Balaban J connectivity index is 0.000000119. The molecule has 474 valence electrons. The van der Waals surface area contributed by atoms with Crippen molar-refractivity contribution in [3.05, 3.63) is 275 Å². The molecule has 18 rings (SSSR count). The molecule has 1 heterocycles. The van der Waals surface area contributed by atoms with Gasteiger partial charge in [0.15, 0.2) is 0 Å². The number of hydrogen-bond donors (Lipinski definition) is 0. The van der Waals surface area contributed by atoms with E-state index in [2.05, 4.69) is 304 Å². The predicted molar refractivity (Wildman–Crippen MR) is 420 cm³/mol. The zero-order valence-electron chi connectivity index (χ0n) is 54.9. The van der Waals surface area contributed by atoms with E-state index in [4.69, 9.17) is 9.31 Å². The largest absolute Gasteiger partial charge is 0.495 e. The second-order valence-corrected chi connectivity index (χ2v) is 31.3. The number of rotatable bonds is 4. The van der Waals surface area contributed by atoms with Crippen LogP contribution in [0.1, 0.15) is 124 Å². The molecule has 1 aliphatic heterocycles. The fourth-order valence-electron chi connectivity index (χ4n) is 16.0. The van der Waals surface area contributed by atoms with Crippen LogP contribution in [-0.2, 0) is 60.7 Å². The van der Waals surface area contributed by atoms with Crippen LogP contribution < -0.4 is 5.46 Å². The van der Waals surface area contributed by atoms with Gasteiger partial charge in [-0.3, -0.25) is 0 Å². The minimum absolute atomic E-state index is 0.210. The molecular weight excluding hydrogens is 1420 g/mol. The van der Waals surface area contributed by atoms with Gasteiger partial charge >= 0.3 is 7.12 Å². The summed E-state index contributed by atoms with van der Waals surface area (Å²) >= 11 is 14.4. The number of halogens is 4. The Kier molecular flexibility index (Phi) is 18.5. The summed E-state index contributed by atoms with van der Waals surface area (Å²) in [6.07, 6.45) is 19.9. The highest BCUT2D eigenvalue weighted by molar-refractivity contribution is 9.11. The second-order valence-electron chi connectivity index (χ2n) is 27.8. The van der Waals surface area contributed by atoms with Gasteiger partial charge in [0, 0.05) is 17.9 Å². The maximum absolute atomic E-state index is 6.19. The van der Waals surface area contributed by atoms with Crippen LogP contribution in [0.5, 0.6) is 0 Å². The van der Waals surface area contributed by atoms with Crippen LogP contribution in [0.3, 0.4) is 0 Å². The van der Waals surface area contributed by atoms with E-state index in [-0.39, 0.29) is 18.3 Å². The van der Waals surface area contributed by atoms with Gasteiger partial charge in [0.25, 0.3) is 0 Å². The monoisotopic (exact) mass is 1490 g/mol. The van der Waals surface area contributed by atoms with Crippen LogP contribution in [0.15, 0.2) is 230 Å². The molecule has 0 amide bonds. The first-order valence-electron chi connectivity index (χ1n) is 34.6. The summed E-state index contributed by atoms with van der Waals surface area (Å²) in [5, 5.41) is 15.7. The third-order valence-corrected chi connectivity index (χ3v) is 24.2. The molecule has 0 radical (unpaired) electrons. The minimum atomic E-state index is -0.255. The summed E-state index contributed by atoms with van der Waals surface area (Å²) in [6.45, 7) is 8.45. The molecule has 2 nitrogen and oxygen atoms in total. The molecule has 13 aromatic rings. The molecule has 0 aromatic heterocycles. The van der Waals surface area contributed by atoms with Crippen molar-refractivity contribution < 1.29 is 9.31 Å². The van der Waals surface area contributed by atoms with E-state index in [1.807, 2.05) is 0 Å². The Morgan fingerprint density at radius 2 is 0.684 bits per heavy atom. The molecule has 0 N–H and O–H groups in total. The quantitative estimate of drug-likeness (QED) is 0.129. The molecule has 1 fully saturated rings. The molecule has 7 heteroatoms. The van der Waals surface area contributed by atoms with Crippen molar-refractivity contribution in [2.45, 2.75) is 142 Å². The zero-order chi connectivity index (χ0) is 65.0. The fraction of sp³-hybridized carbons (Fsp3) is 0.250. The van der Waals surface area contributed by atoms with Crippen LogP contribution in [0.4, 0.5) is 0 Å². The van der Waals surface area contributed by atoms with E-state index < -0.39 is 0 Å². The van der Waals surface area contributed by atoms with Gasteiger partial charge in [-0.05, 0) is 353 Å². The predicted octanol–water partition coefficient (Wildman–Crippen LogP) is 25.5. The maximum Gasteiger partial charge on any atom is 0.495 e. The summed E-state index contributed by atoms with van der Waals surface area (Å²) in [6, 6.07) is 78.6. The third kappa shape index (κ3) is 12.6. The molecule has 0 saturated carbocycles. The van der Waals surface area contributed by atoms with Crippen LogP contribution in [0, 0.1) is 0 Å². The summed E-state index contributed by atoms with van der Waals surface area (Å²) in [7, 11) is -0.210. The van der Waals surface area contributed by atoms with E-state index >= 15 is 0 Å². The van der Waals surface area contributed by atoms with Crippen molar-refractivity contribution in [3.8, 4) is 33.4 Å². The summed E-state index contributed by atoms with van der Waals surface area (Å²) < 4.78 is 16.9. The molecule has 95 heavy (non-hydrogen) atoms.